The van der Waals surface area contributed by atoms with E-state index in [2.05, 4.69) is 4.72 Å². The number of nitrogens with zero attached hydrogens (tertiary/aromatic N) is 1. The number of hydrogen-bond acceptors (Lipinski definition) is 4. The SMILES string of the molecule is O=C([C@H]1CCO1)N1CC2(CC2)[C@H](NS(=O)(=O)CF)[C@@H]1Cc1cc(F)cc(-c2cccc(F)c2)c1F. The molecule has 2 aliphatic heterocycles. The third kappa shape index (κ3) is 4.56. The van der Waals surface area contributed by atoms with Crippen LogP contribution in [-0.4, -0.2) is 56.6 Å². The number of amides is 1. The van der Waals surface area contributed by atoms with Crippen molar-refractivity contribution >= 4 is 15.9 Å². The van der Waals surface area contributed by atoms with Crippen LogP contribution in [0.15, 0.2) is 36.4 Å². The fourth-order valence-electron chi connectivity index (χ4n) is 5.17. The molecule has 2 aromatic rings. The van der Waals surface area contributed by atoms with Gasteiger partial charge in [0.2, 0.25) is 16.0 Å². The lowest BCUT2D eigenvalue weighted by molar-refractivity contribution is -0.157. The molecular formula is C24H24F4N2O4S. The quantitative estimate of drug-likeness (QED) is 0.578. The Kier molecular flexibility index (Phi) is 6.13. The average molecular weight is 513 g/mol. The molecule has 1 amide bonds. The normalized spacial score (nSPS) is 25.0. The second-order valence-corrected chi connectivity index (χ2v) is 11.2. The minimum Gasteiger partial charge on any atom is -0.368 e. The highest BCUT2D eigenvalue weighted by atomic mass is 32.2. The molecule has 0 bridgehead atoms. The van der Waals surface area contributed by atoms with Crippen LogP contribution in [0.5, 0.6) is 0 Å². The maximum Gasteiger partial charge on any atom is 0.252 e. The van der Waals surface area contributed by atoms with Crippen LogP contribution in [0, 0.1) is 22.9 Å². The summed E-state index contributed by atoms with van der Waals surface area (Å²) in [5.74, 6) is -2.53. The third-order valence-electron chi connectivity index (χ3n) is 7.21. The smallest absolute Gasteiger partial charge is 0.252 e. The number of rotatable bonds is 7. The lowest BCUT2D eigenvalue weighted by Gasteiger charge is -2.34. The molecule has 6 nitrogen and oxygen atoms in total. The minimum absolute atomic E-state index is 0.0938. The molecule has 3 aliphatic rings. The summed E-state index contributed by atoms with van der Waals surface area (Å²) < 4.78 is 89.1. The van der Waals surface area contributed by atoms with Crippen molar-refractivity contribution in [3.8, 4) is 11.1 Å². The average Bonchev–Trinajstić information content (AvgIpc) is 3.50. The number of sulfonamides is 1. The van der Waals surface area contributed by atoms with Gasteiger partial charge in [0.25, 0.3) is 5.91 Å². The summed E-state index contributed by atoms with van der Waals surface area (Å²) in [5, 5.41) is 0. The van der Waals surface area contributed by atoms with Crippen LogP contribution < -0.4 is 4.72 Å². The van der Waals surface area contributed by atoms with Gasteiger partial charge in [-0.25, -0.2) is 30.7 Å². The van der Waals surface area contributed by atoms with Gasteiger partial charge in [-0.15, -0.1) is 0 Å². The van der Waals surface area contributed by atoms with Gasteiger partial charge in [0.15, 0.2) is 0 Å². The molecule has 5 rings (SSSR count). The molecule has 1 N–H and O–H groups in total. The van der Waals surface area contributed by atoms with Crippen molar-refractivity contribution in [2.75, 3.05) is 19.2 Å². The Bertz CT molecular complexity index is 1260. The largest absolute Gasteiger partial charge is 0.368 e. The van der Waals surface area contributed by atoms with Crippen LogP contribution in [0.1, 0.15) is 24.8 Å². The third-order valence-corrected chi connectivity index (χ3v) is 8.11. The van der Waals surface area contributed by atoms with Crippen molar-refractivity contribution in [3.05, 3.63) is 59.4 Å². The number of benzene rings is 2. The highest BCUT2D eigenvalue weighted by Crippen LogP contribution is 2.56. The summed E-state index contributed by atoms with van der Waals surface area (Å²) >= 11 is 0. The van der Waals surface area contributed by atoms with E-state index in [0.717, 1.165) is 18.2 Å². The van der Waals surface area contributed by atoms with Crippen LogP contribution in [0.2, 0.25) is 0 Å². The van der Waals surface area contributed by atoms with Crippen molar-refractivity contribution in [3.63, 3.8) is 0 Å². The Labute approximate surface area is 200 Å². The van der Waals surface area contributed by atoms with Crippen molar-refractivity contribution in [2.24, 2.45) is 5.41 Å². The number of alkyl halides is 1. The van der Waals surface area contributed by atoms with Crippen LogP contribution in [0.4, 0.5) is 17.6 Å². The Hall–Kier alpha value is -2.50. The monoisotopic (exact) mass is 512 g/mol. The lowest BCUT2D eigenvalue weighted by Crippen LogP contribution is -2.53. The second-order valence-electron chi connectivity index (χ2n) is 9.50. The van der Waals surface area contributed by atoms with E-state index in [0.29, 0.717) is 25.9 Å². The first kappa shape index (κ1) is 24.2. The number of hydrogen-bond donors (Lipinski definition) is 1. The molecule has 11 heteroatoms. The molecule has 2 heterocycles. The Morgan fingerprint density at radius 1 is 1.14 bits per heavy atom. The van der Waals surface area contributed by atoms with E-state index in [9.17, 15) is 26.4 Å². The minimum atomic E-state index is -4.29. The van der Waals surface area contributed by atoms with Crippen LogP contribution in [-0.2, 0) is 26.0 Å². The number of nitrogens with one attached hydrogen (secondary N) is 1. The zero-order chi connectivity index (χ0) is 25.0. The van der Waals surface area contributed by atoms with Gasteiger partial charge in [-0.2, -0.15) is 0 Å². The van der Waals surface area contributed by atoms with E-state index in [1.54, 1.807) is 0 Å². The Balaban J connectivity index is 1.54. The van der Waals surface area contributed by atoms with Crippen molar-refractivity contribution in [1.82, 2.24) is 9.62 Å². The molecule has 0 aromatic heterocycles. The second kappa shape index (κ2) is 8.86. The number of carbonyl (C=O) groups excluding carboxylic acids is 1. The molecule has 0 radical (unpaired) electrons. The molecule has 1 saturated carbocycles. The summed E-state index contributed by atoms with van der Waals surface area (Å²) in [5.41, 5.74) is -0.705. The molecule has 188 valence electrons. The summed E-state index contributed by atoms with van der Waals surface area (Å²) in [6.07, 6.45) is 0.834. The Morgan fingerprint density at radius 2 is 1.89 bits per heavy atom. The van der Waals surface area contributed by atoms with Crippen LogP contribution >= 0.6 is 0 Å². The highest BCUT2D eigenvalue weighted by molar-refractivity contribution is 7.89. The zero-order valence-corrected chi connectivity index (χ0v) is 19.5. The van der Waals surface area contributed by atoms with Gasteiger partial charge < -0.3 is 9.64 Å². The van der Waals surface area contributed by atoms with Crippen LogP contribution in [0.25, 0.3) is 11.1 Å². The predicted octanol–water partition coefficient (Wildman–Crippen LogP) is 3.31. The van der Waals surface area contributed by atoms with Gasteiger partial charge in [0.1, 0.15) is 23.6 Å². The van der Waals surface area contributed by atoms with Gasteiger partial charge in [-0.05, 0) is 54.7 Å². The summed E-state index contributed by atoms with van der Waals surface area (Å²) in [7, 11) is -4.29. The molecule has 1 spiro atoms. The van der Waals surface area contributed by atoms with Gasteiger partial charge in [0.05, 0.1) is 12.6 Å². The summed E-state index contributed by atoms with van der Waals surface area (Å²) in [6, 6.07) is 3.65. The van der Waals surface area contributed by atoms with E-state index in [1.807, 2.05) is 0 Å². The summed E-state index contributed by atoms with van der Waals surface area (Å²) in [4.78, 5) is 14.6. The van der Waals surface area contributed by atoms with E-state index in [4.69, 9.17) is 4.74 Å². The molecular weight excluding hydrogens is 488 g/mol. The van der Waals surface area contributed by atoms with Crippen molar-refractivity contribution < 1.29 is 35.5 Å². The fourth-order valence-corrected chi connectivity index (χ4v) is 6.03. The van der Waals surface area contributed by atoms with E-state index in [1.165, 1.54) is 23.1 Å². The maximum atomic E-state index is 15.6. The molecule has 2 aromatic carbocycles. The number of halogens is 4. The fraction of sp³-hybridized carbons (Fsp3) is 0.458. The first-order valence-corrected chi connectivity index (χ1v) is 13.0. The number of likely N-dealkylation sites (tertiary alicyclic amines) is 1. The maximum absolute atomic E-state index is 15.6. The summed E-state index contributed by atoms with van der Waals surface area (Å²) in [6.45, 7) is 0.636. The molecule has 0 unspecified atom stereocenters. The van der Waals surface area contributed by atoms with Gasteiger partial charge in [0, 0.05) is 30.0 Å². The van der Waals surface area contributed by atoms with Crippen LogP contribution in [0.3, 0.4) is 0 Å². The first-order valence-electron chi connectivity index (χ1n) is 11.3. The lowest BCUT2D eigenvalue weighted by atomic mass is 9.91. The Morgan fingerprint density at radius 3 is 2.49 bits per heavy atom. The van der Waals surface area contributed by atoms with Gasteiger partial charge in [-0.3, -0.25) is 4.79 Å². The van der Waals surface area contributed by atoms with E-state index >= 15 is 4.39 Å². The first-order chi connectivity index (χ1) is 16.6. The standard InChI is InChI=1S/C24H24F4N2O4S/c25-13-35(32,33)29-22-19(30(12-24(22)5-6-24)23(31)20-4-7-34-20)10-15-9-17(27)11-18(21(15)28)14-2-1-3-16(26)8-14/h1-3,8-9,11,19-20,22,29H,4-7,10,12-13H2/t19-,20+,22+/m0/s1. The predicted molar refractivity (Wildman–Crippen MR) is 119 cm³/mol. The van der Waals surface area contributed by atoms with E-state index < -0.39 is 57.1 Å². The van der Waals surface area contributed by atoms with Gasteiger partial charge in [-0.1, -0.05) is 12.1 Å². The molecule has 3 atom stereocenters. The molecule has 1 aliphatic carbocycles. The molecule has 3 fully saturated rings. The number of ether oxygens (including phenoxy) is 1. The topological polar surface area (TPSA) is 75.7 Å². The molecule has 35 heavy (non-hydrogen) atoms. The zero-order valence-electron chi connectivity index (χ0n) is 18.6. The highest BCUT2D eigenvalue weighted by Gasteiger charge is 2.62. The number of carbonyl (C=O) groups is 1. The van der Waals surface area contributed by atoms with Crippen molar-refractivity contribution in [2.45, 2.75) is 43.9 Å². The molecule has 2 saturated heterocycles. The van der Waals surface area contributed by atoms with E-state index in [-0.39, 0.29) is 35.6 Å². The van der Waals surface area contributed by atoms with Crippen molar-refractivity contribution in [1.29, 1.82) is 0 Å². The van der Waals surface area contributed by atoms with Gasteiger partial charge >= 0.3 is 0 Å².